The summed E-state index contributed by atoms with van der Waals surface area (Å²) in [4.78, 5) is 18.1. The van der Waals surface area contributed by atoms with Crippen LogP contribution in [0.25, 0.3) is 23.2 Å². The lowest BCUT2D eigenvalue weighted by Crippen LogP contribution is -2.45. The number of nitrogens with zero attached hydrogens (tertiary/aromatic N) is 7. The number of hydrogen-bond acceptors (Lipinski definition) is 15. The molecule has 2 aliphatic carbocycles. The van der Waals surface area contributed by atoms with E-state index in [1.807, 2.05) is 0 Å². The fourth-order valence-corrected chi connectivity index (χ4v) is 8.24. The van der Waals surface area contributed by atoms with Gasteiger partial charge in [0.2, 0.25) is 28.7 Å². The minimum Gasteiger partial charge on any atom is -0.474 e. The number of pyridine rings is 2. The van der Waals surface area contributed by atoms with E-state index in [1.54, 1.807) is 30.3 Å². The van der Waals surface area contributed by atoms with E-state index in [0.29, 0.717) is 43.7 Å². The van der Waals surface area contributed by atoms with Crippen LogP contribution in [-0.4, -0.2) is 65.0 Å². The summed E-state index contributed by atoms with van der Waals surface area (Å²) >= 11 is 0. The topological polar surface area (TPSA) is 221 Å². The zero-order chi connectivity index (χ0) is 52.7. The molecule has 2 unspecified atom stereocenters. The van der Waals surface area contributed by atoms with Crippen molar-refractivity contribution in [3.63, 3.8) is 0 Å². The second-order valence-corrected chi connectivity index (χ2v) is 17.9. The van der Waals surface area contributed by atoms with E-state index in [1.165, 1.54) is 12.2 Å². The maximum Gasteiger partial charge on any atom is 0.426 e. The van der Waals surface area contributed by atoms with Crippen molar-refractivity contribution in [2.45, 2.75) is 132 Å². The Morgan fingerprint density at radius 3 is 1.88 bits per heavy atom. The lowest BCUT2D eigenvalue weighted by atomic mass is 9.94. The predicted octanol–water partition coefficient (Wildman–Crippen LogP) is 11.5. The molecule has 2 saturated carbocycles. The number of rotatable bonds is 6. The van der Waals surface area contributed by atoms with Gasteiger partial charge in [0.25, 0.3) is 23.6 Å². The van der Waals surface area contributed by atoms with Crippen LogP contribution in [-0.2, 0) is 34.9 Å². The first-order valence-electron chi connectivity index (χ1n) is 22.6. The summed E-state index contributed by atoms with van der Waals surface area (Å²) in [5.74, 6) is -5.55. The molecule has 394 valence electrons. The molecular weight excluding hydrogens is 1010 g/mol. The molecule has 2 aliphatic heterocycles. The van der Waals surface area contributed by atoms with Crippen LogP contribution in [0.15, 0.2) is 63.5 Å². The van der Waals surface area contributed by atoms with Crippen molar-refractivity contribution in [1.29, 1.82) is 0 Å². The first-order valence-corrected chi connectivity index (χ1v) is 22.6. The lowest BCUT2D eigenvalue weighted by Gasteiger charge is -2.32. The van der Waals surface area contributed by atoms with Crippen molar-refractivity contribution in [2.24, 2.45) is 11.8 Å². The van der Waals surface area contributed by atoms with E-state index in [0.717, 1.165) is 12.8 Å². The van der Waals surface area contributed by atoms with Crippen LogP contribution in [0, 0.1) is 22.0 Å². The summed E-state index contributed by atoms with van der Waals surface area (Å²) in [6.07, 6.45) is -16.2. The highest BCUT2D eigenvalue weighted by Gasteiger charge is 2.61. The van der Waals surface area contributed by atoms with E-state index in [9.17, 15) is 67.9 Å². The quantitative estimate of drug-likeness (QED) is 0.0699. The third-order valence-electron chi connectivity index (χ3n) is 12.5. The Hall–Kier alpha value is -6.58. The van der Waals surface area contributed by atoms with Crippen LogP contribution < -0.4 is 15.2 Å². The number of alkyl halides is 12. The molecule has 28 heteroatoms. The number of nitrogens with two attached hydrogens (primary N) is 1. The molecule has 0 saturated heterocycles. The van der Waals surface area contributed by atoms with E-state index in [-0.39, 0.29) is 37.2 Å². The zero-order valence-corrected chi connectivity index (χ0v) is 37.7. The molecule has 4 aliphatic rings. The second kappa shape index (κ2) is 20.0. The number of hydrogen-bond donors (Lipinski definition) is 2. The normalized spacial score (nSPS) is 23.2. The molecule has 5 aromatic rings. The Balaban J connectivity index is 0.000000201. The van der Waals surface area contributed by atoms with Crippen LogP contribution in [0.1, 0.15) is 106 Å². The minimum absolute atomic E-state index is 0.0232. The molecule has 6 heterocycles. The molecule has 3 N–H and O–H groups in total. The molecular formula is C45H42F12N8O8. The van der Waals surface area contributed by atoms with E-state index >= 15 is 0 Å². The molecule has 9 rings (SSSR count). The van der Waals surface area contributed by atoms with E-state index in [2.05, 4.69) is 30.4 Å². The zero-order valence-electron chi connectivity index (χ0n) is 37.7. The van der Waals surface area contributed by atoms with Gasteiger partial charge >= 0.3 is 30.4 Å². The van der Waals surface area contributed by atoms with Gasteiger partial charge in [-0.1, -0.05) is 48.9 Å². The third-order valence-corrected chi connectivity index (χ3v) is 12.5. The van der Waals surface area contributed by atoms with Gasteiger partial charge in [0.1, 0.15) is 23.3 Å². The highest BCUT2D eigenvalue weighted by molar-refractivity contribution is 5.68. The van der Waals surface area contributed by atoms with Crippen LogP contribution in [0.5, 0.6) is 11.8 Å². The number of ether oxygens (including phenoxy) is 3. The van der Waals surface area contributed by atoms with Crippen molar-refractivity contribution in [1.82, 2.24) is 30.4 Å². The molecule has 1 aromatic carbocycles. The lowest BCUT2D eigenvalue weighted by molar-refractivity contribution is -0.384. The summed E-state index contributed by atoms with van der Waals surface area (Å²) in [6, 6.07) is 8.80. The summed E-state index contributed by atoms with van der Waals surface area (Å²) in [7, 11) is 0. The first-order chi connectivity index (χ1) is 34.3. The average molecular weight is 1050 g/mol. The third kappa shape index (κ3) is 11.5. The maximum atomic E-state index is 14.8. The molecule has 16 nitrogen and oxygen atoms in total. The number of halogens is 12. The highest BCUT2D eigenvalue weighted by Crippen LogP contribution is 2.50. The number of aliphatic hydroxyl groups is 1. The number of allylic oxidation sites excluding steroid dienone is 1. The predicted molar refractivity (Wildman–Crippen MR) is 225 cm³/mol. The Bertz CT molecular complexity index is 2800. The van der Waals surface area contributed by atoms with E-state index in [4.69, 9.17) is 28.8 Å². The fraction of sp³-hybridized carbons (Fsp3) is 0.511. The van der Waals surface area contributed by atoms with Gasteiger partial charge in [-0.15, -0.1) is 20.4 Å². The van der Waals surface area contributed by atoms with Gasteiger partial charge < -0.3 is 33.9 Å². The molecule has 73 heavy (non-hydrogen) atoms. The van der Waals surface area contributed by atoms with Gasteiger partial charge in [-0.25, -0.2) is 9.97 Å². The van der Waals surface area contributed by atoms with Gasteiger partial charge in [0, 0.05) is 12.5 Å². The standard InChI is InChI=1S/C26H22F6N4O5.C19H20F6N4O3/c27-25(28,29)17-13-18(36(37)38)20-22-34-35-23(41-22)24(26(30,31)32,39-14-15-7-3-1-4-8-15)12-6-2-5-9-19(16-10-11-16)40-21(17)33-20;20-18(21,22)10-8-11(26)13-15-28-29-16(32-15)17(30,19(23,24)25)7-3-1-2-4-12(9-5-6-9)31-14(10)27-13/h1-5,7-8,13,16,19H,6,9-12,14H2;8-9,12,30H,1-7,26H2/t19?,24-;12?,17-/m11/s1. The van der Waals surface area contributed by atoms with Crippen molar-refractivity contribution in [3.8, 4) is 34.9 Å². The molecule has 0 spiro atoms. The van der Waals surface area contributed by atoms with Gasteiger partial charge in [-0.2, -0.15) is 52.7 Å². The molecule has 4 atom stereocenters. The van der Waals surface area contributed by atoms with Crippen molar-refractivity contribution in [2.75, 3.05) is 5.73 Å². The highest BCUT2D eigenvalue weighted by atomic mass is 19.4. The molecule has 0 radical (unpaired) electrons. The molecule has 0 amide bonds. The minimum atomic E-state index is -5.11. The molecule has 8 bridgehead atoms. The van der Waals surface area contributed by atoms with Crippen molar-refractivity contribution >= 4 is 11.4 Å². The average Bonchev–Trinajstić information content (AvgIpc) is 4.24. The maximum absolute atomic E-state index is 14.8. The summed E-state index contributed by atoms with van der Waals surface area (Å²) in [6.45, 7) is -0.498. The summed E-state index contributed by atoms with van der Waals surface area (Å²) in [5, 5.41) is 35.9. The van der Waals surface area contributed by atoms with Crippen molar-refractivity contribution in [3.05, 3.63) is 93.2 Å². The largest absolute Gasteiger partial charge is 0.474 e. The van der Waals surface area contributed by atoms with E-state index < -0.39 is 142 Å². The number of anilines is 1. The molecule has 4 aromatic heterocycles. The van der Waals surface area contributed by atoms with Gasteiger partial charge in [-0.05, 0) is 87.7 Å². The van der Waals surface area contributed by atoms with Crippen LogP contribution in [0.4, 0.5) is 64.1 Å². The fourth-order valence-electron chi connectivity index (χ4n) is 8.24. The summed E-state index contributed by atoms with van der Waals surface area (Å²) in [5.41, 5.74) is -6.20. The van der Waals surface area contributed by atoms with Gasteiger partial charge in [0.05, 0.1) is 17.2 Å². The smallest absolute Gasteiger partial charge is 0.426 e. The number of aromatic nitrogens is 6. The van der Waals surface area contributed by atoms with Gasteiger partial charge in [-0.3, -0.25) is 10.1 Å². The second-order valence-electron chi connectivity index (χ2n) is 17.9. The Kier molecular flexibility index (Phi) is 14.5. The Morgan fingerprint density at radius 2 is 1.27 bits per heavy atom. The Labute approximate surface area is 404 Å². The van der Waals surface area contributed by atoms with Crippen LogP contribution in [0.3, 0.4) is 0 Å². The van der Waals surface area contributed by atoms with Crippen LogP contribution >= 0.6 is 0 Å². The monoisotopic (exact) mass is 1050 g/mol. The Morgan fingerprint density at radius 1 is 0.699 bits per heavy atom. The number of nitrogen functional groups attached to an aromatic ring is 1. The number of fused-ring (bicyclic) bond motifs is 10. The number of nitro groups is 1. The van der Waals surface area contributed by atoms with Gasteiger partial charge in [0.15, 0.2) is 5.69 Å². The SMILES string of the molecule is Nc1cc(C(F)(F)F)c2nc1-c1nnc(o1)[C@@](O)(C(F)(F)F)CCCCCC(C1CC1)O2.O=[N+]([O-])c1cc(C(F)(F)F)c2nc1-c1nnc(o1)[C@@](OCc1ccccc1)(C(F)(F)F)CCC=CCC(C1CC1)O2. The number of benzene rings is 1. The summed E-state index contributed by atoms with van der Waals surface area (Å²) < 4.78 is 195. The van der Waals surface area contributed by atoms with Crippen LogP contribution in [0.2, 0.25) is 0 Å². The first kappa shape index (κ1) is 52.7. The van der Waals surface area contributed by atoms with Crippen molar-refractivity contribution < 1.29 is 85.8 Å². The molecule has 2 fully saturated rings.